The average molecular weight is 481 g/mol. The van der Waals surface area contributed by atoms with E-state index in [1.807, 2.05) is 27.7 Å². The normalized spacial score (nSPS) is 19.4. The number of rotatable bonds is 6. The van der Waals surface area contributed by atoms with Crippen LogP contribution in [-0.2, 0) is 19.2 Å². The topological polar surface area (TPSA) is 77.0 Å². The van der Waals surface area contributed by atoms with Gasteiger partial charge < -0.3 is 14.9 Å². The van der Waals surface area contributed by atoms with Crippen molar-refractivity contribution in [2.24, 2.45) is 11.1 Å². The zero-order valence-electron chi connectivity index (χ0n) is 21.6. The van der Waals surface area contributed by atoms with Crippen molar-refractivity contribution >= 4 is 31.0 Å². The van der Waals surface area contributed by atoms with Crippen molar-refractivity contribution in [2.45, 2.75) is 72.2 Å². The lowest BCUT2D eigenvalue weighted by Crippen LogP contribution is -2.33. The third-order valence-corrected chi connectivity index (χ3v) is 6.76. The maximum absolute atomic E-state index is 13.2. The van der Waals surface area contributed by atoms with Crippen LogP contribution in [0.4, 0.5) is 0 Å². The van der Waals surface area contributed by atoms with Crippen LogP contribution in [0.5, 0.6) is 0 Å². The minimum atomic E-state index is -1.59. The predicted octanol–water partition coefficient (Wildman–Crippen LogP) is 4.54. The number of aryl methyl sites for hydroxylation is 2. The van der Waals surface area contributed by atoms with Crippen molar-refractivity contribution in [3.05, 3.63) is 40.1 Å². The SMILES string of the molecule is COC1=C(c2c(C)cc(C)cc2C#C[Si](C)(C)C)C(=O)CC1CCNC(=O)C1=NOC(C)(C)C1. The molecule has 1 atom stereocenters. The van der Waals surface area contributed by atoms with Gasteiger partial charge in [-0.1, -0.05) is 36.8 Å². The minimum absolute atomic E-state index is 0.0616. The fraction of sp³-hybridized carbons (Fsp3) is 0.519. The summed E-state index contributed by atoms with van der Waals surface area (Å²) in [6.07, 6.45) is 1.43. The number of allylic oxidation sites excluding steroid dienone is 2. The van der Waals surface area contributed by atoms with Crippen LogP contribution in [0.3, 0.4) is 0 Å². The monoisotopic (exact) mass is 480 g/mol. The number of ketones is 1. The molecule has 0 bridgehead atoms. The van der Waals surface area contributed by atoms with Crippen molar-refractivity contribution < 1.29 is 19.2 Å². The summed E-state index contributed by atoms with van der Waals surface area (Å²) in [6.45, 7) is 14.9. The largest absolute Gasteiger partial charge is 0.500 e. The van der Waals surface area contributed by atoms with Gasteiger partial charge in [-0.05, 0) is 51.3 Å². The molecular formula is C27H36N2O4Si. The summed E-state index contributed by atoms with van der Waals surface area (Å²) in [5.74, 6) is 3.80. The first-order valence-corrected chi connectivity index (χ1v) is 15.3. The second-order valence-corrected chi connectivity index (χ2v) is 15.6. The molecular weight excluding hydrogens is 444 g/mol. The number of methoxy groups -OCH3 is 1. The van der Waals surface area contributed by atoms with E-state index in [1.165, 1.54) is 0 Å². The number of hydrogen-bond donors (Lipinski definition) is 1. The van der Waals surface area contributed by atoms with Gasteiger partial charge in [0, 0.05) is 36.4 Å². The molecule has 6 nitrogen and oxygen atoms in total. The van der Waals surface area contributed by atoms with E-state index in [9.17, 15) is 9.59 Å². The maximum Gasteiger partial charge on any atom is 0.269 e. The van der Waals surface area contributed by atoms with E-state index in [2.05, 4.69) is 53.7 Å². The molecule has 1 amide bonds. The minimum Gasteiger partial charge on any atom is -0.500 e. The summed E-state index contributed by atoms with van der Waals surface area (Å²) in [5, 5.41) is 6.81. The quantitative estimate of drug-likeness (QED) is 0.479. The first-order chi connectivity index (χ1) is 15.8. The lowest BCUT2D eigenvalue weighted by molar-refractivity contribution is -0.115. The molecule has 182 valence electrons. The van der Waals surface area contributed by atoms with Gasteiger partial charge in [-0.3, -0.25) is 9.59 Å². The molecule has 0 aromatic heterocycles. The Morgan fingerprint density at radius 2 is 2.00 bits per heavy atom. The number of nitrogens with zero attached hydrogens (tertiary/aromatic N) is 1. The molecule has 34 heavy (non-hydrogen) atoms. The van der Waals surface area contributed by atoms with Gasteiger partial charge in [-0.2, -0.15) is 0 Å². The smallest absolute Gasteiger partial charge is 0.269 e. The Kier molecular flexibility index (Phi) is 7.42. The molecule has 1 unspecified atom stereocenters. The fourth-order valence-corrected chi connectivity index (χ4v) is 4.92. The summed E-state index contributed by atoms with van der Waals surface area (Å²) in [4.78, 5) is 30.9. The van der Waals surface area contributed by atoms with E-state index in [0.29, 0.717) is 42.9 Å². The highest BCUT2D eigenvalue weighted by Crippen LogP contribution is 2.40. The van der Waals surface area contributed by atoms with Gasteiger partial charge in [0.15, 0.2) is 5.78 Å². The van der Waals surface area contributed by atoms with Crippen LogP contribution in [0.1, 0.15) is 55.4 Å². The van der Waals surface area contributed by atoms with Crippen LogP contribution < -0.4 is 5.32 Å². The number of carbonyl (C=O) groups excluding carboxylic acids is 2. The van der Waals surface area contributed by atoms with E-state index in [4.69, 9.17) is 9.57 Å². The van der Waals surface area contributed by atoms with Crippen molar-refractivity contribution in [3.8, 4) is 11.5 Å². The lowest BCUT2D eigenvalue weighted by atomic mass is 9.92. The maximum atomic E-state index is 13.2. The molecule has 2 aliphatic rings. The zero-order chi connectivity index (χ0) is 25.3. The molecule has 0 saturated carbocycles. The fourth-order valence-electron chi connectivity index (χ4n) is 4.41. The van der Waals surface area contributed by atoms with Crippen LogP contribution in [0, 0.1) is 31.2 Å². The molecule has 1 heterocycles. The molecule has 0 saturated heterocycles. The van der Waals surface area contributed by atoms with Gasteiger partial charge in [0.2, 0.25) is 0 Å². The highest BCUT2D eigenvalue weighted by Gasteiger charge is 2.36. The molecule has 0 fully saturated rings. The number of oxime groups is 1. The average Bonchev–Trinajstić information content (AvgIpc) is 3.24. The van der Waals surface area contributed by atoms with Gasteiger partial charge in [-0.25, -0.2) is 0 Å². The number of Topliss-reactive ketones (excluding diaryl/α,β-unsaturated/α-hetero) is 1. The Bertz CT molecular complexity index is 1130. The molecule has 1 aliphatic carbocycles. The van der Waals surface area contributed by atoms with Gasteiger partial charge >= 0.3 is 0 Å². The highest BCUT2D eigenvalue weighted by atomic mass is 28.3. The van der Waals surface area contributed by atoms with Crippen molar-refractivity contribution in [3.63, 3.8) is 0 Å². The number of benzene rings is 1. The second-order valence-electron chi connectivity index (χ2n) is 10.9. The van der Waals surface area contributed by atoms with Gasteiger partial charge in [0.25, 0.3) is 5.91 Å². The van der Waals surface area contributed by atoms with E-state index in [-0.39, 0.29) is 17.6 Å². The first-order valence-electron chi connectivity index (χ1n) is 11.8. The summed E-state index contributed by atoms with van der Waals surface area (Å²) < 4.78 is 5.79. The number of carbonyl (C=O) groups is 2. The van der Waals surface area contributed by atoms with E-state index in [0.717, 1.165) is 22.3 Å². The Hall–Kier alpha value is -2.85. The van der Waals surface area contributed by atoms with E-state index >= 15 is 0 Å². The Morgan fingerprint density at radius 1 is 1.29 bits per heavy atom. The molecule has 1 aliphatic heterocycles. The summed E-state index contributed by atoms with van der Waals surface area (Å²) in [5.41, 5.74) is 7.92. The Balaban J connectivity index is 1.84. The van der Waals surface area contributed by atoms with Crippen LogP contribution in [0.15, 0.2) is 23.0 Å². The van der Waals surface area contributed by atoms with Crippen molar-refractivity contribution in [2.75, 3.05) is 13.7 Å². The lowest BCUT2D eigenvalue weighted by Gasteiger charge is -2.16. The molecule has 3 rings (SSSR count). The number of amides is 1. The van der Waals surface area contributed by atoms with E-state index < -0.39 is 13.7 Å². The molecule has 1 aromatic rings. The van der Waals surface area contributed by atoms with Gasteiger partial charge in [0.1, 0.15) is 25.1 Å². The molecule has 7 heteroatoms. The van der Waals surface area contributed by atoms with E-state index in [1.54, 1.807) is 7.11 Å². The van der Waals surface area contributed by atoms with Gasteiger partial charge in [0.05, 0.1) is 12.7 Å². The van der Waals surface area contributed by atoms with Crippen LogP contribution in [-0.4, -0.2) is 44.7 Å². The standard InChI is InChI=1S/C27H36N2O4Si/c1-17-13-18(2)23(19(14-17)10-12-34(6,7)8)24-22(30)15-20(25(24)32-5)9-11-28-26(31)21-16-27(3,4)33-29-21/h13-14,20H,9,11,15-16H2,1-8H3,(H,28,31). The number of nitrogens with one attached hydrogen (secondary N) is 1. The van der Waals surface area contributed by atoms with Crippen LogP contribution in [0.25, 0.3) is 5.57 Å². The van der Waals surface area contributed by atoms with Crippen molar-refractivity contribution in [1.82, 2.24) is 5.32 Å². The third kappa shape index (κ3) is 5.98. The molecule has 1 N–H and O–H groups in total. The number of ether oxygens (including phenoxy) is 1. The Labute approximate surface area is 204 Å². The predicted molar refractivity (Wildman–Crippen MR) is 138 cm³/mol. The second kappa shape index (κ2) is 9.79. The number of hydrogen-bond acceptors (Lipinski definition) is 5. The van der Waals surface area contributed by atoms with Crippen molar-refractivity contribution in [1.29, 1.82) is 0 Å². The van der Waals surface area contributed by atoms with Crippen LogP contribution >= 0.6 is 0 Å². The molecule has 0 spiro atoms. The summed E-state index contributed by atoms with van der Waals surface area (Å²) >= 11 is 0. The molecule has 1 aromatic carbocycles. The van der Waals surface area contributed by atoms with Gasteiger partial charge in [-0.15, -0.1) is 5.54 Å². The van der Waals surface area contributed by atoms with Crippen LogP contribution in [0.2, 0.25) is 19.6 Å². The Morgan fingerprint density at radius 3 is 2.59 bits per heavy atom. The summed E-state index contributed by atoms with van der Waals surface area (Å²) in [6, 6.07) is 4.14. The highest BCUT2D eigenvalue weighted by molar-refractivity contribution is 6.83. The molecule has 0 radical (unpaired) electrons. The zero-order valence-corrected chi connectivity index (χ0v) is 22.6. The first kappa shape index (κ1) is 25.8. The summed E-state index contributed by atoms with van der Waals surface area (Å²) in [7, 11) is 0.0202. The third-order valence-electron chi connectivity index (χ3n) is 5.89.